The Hall–Kier alpha value is -2.56. The maximum Gasteiger partial charge on any atom is 0.262 e. The maximum absolute atomic E-state index is 12.7. The number of aromatic nitrogens is 1. The number of phenolic OH excluding ortho intramolecular Hbond substituents is 1. The van der Waals surface area contributed by atoms with Crippen molar-refractivity contribution in [2.45, 2.75) is 33.6 Å². The average molecular weight is 329 g/mol. The summed E-state index contributed by atoms with van der Waals surface area (Å²) in [5, 5.41) is 19.9. The molecule has 2 rings (SSSR count). The third-order valence-corrected chi connectivity index (χ3v) is 4.39. The number of hydrogen-bond acceptors (Lipinski definition) is 4. The molecule has 0 aliphatic heterocycles. The van der Waals surface area contributed by atoms with E-state index in [0.29, 0.717) is 23.5 Å². The van der Waals surface area contributed by atoms with Crippen LogP contribution in [0.2, 0.25) is 0 Å². The fourth-order valence-corrected chi connectivity index (χ4v) is 2.73. The molecule has 0 amide bonds. The normalized spacial score (nSPS) is 13.5. The Morgan fingerprint density at radius 2 is 1.79 bits per heavy atom. The van der Waals surface area contributed by atoms with Crippen LogP contribution in [0.5, 0.6) is 11.5 Å². The van der Waals surface area contributed by atoms with Crippen LogP contribution in [0.25, 0.3) is 11.1 Å². The second-order valence-corrected chi connectivity index (χ2v) is 6.32. The number of hydrogen-bond donors (Lipinski definition) is 3. The molecule has 0 aliphatic rings. The van der Waals surface area contributed by atoms with Gasteiger partial charge in [-0.15, -0.1) is 0 Å². The first kappa shape index (κ1) is 17.8. The minimum Gasteiger partial charge on any atom is -0.508 e. The molecule has 128 valence electrons. The van der Waals surface area contributed by atoms with E-state index in [1.165, 1.54) is 18.3 Å². The van der Waals surface area contributed by atoms with Crippen LogP contribution in [0.15, 0.2) is 35.3 Å². The molecule has 2 aromatic rings. The van der Waals surface area contributed by atoms with E-state index >= 15 is 0 Å². The van der Waals surface area contributed by atoms with Crippen LogP contribution in [0.3, 0.4) is 0 Å². The molecule has 0 fully saturated rings. The van der Waals surface area contributed by atoms with E-state index in [1.807, 2.05) is 0 Å². The number of pyridine rings is 1. The van der Waals surface area contributed by atoms with Gasteiger partial charge in [-0.1, -0.05) is 39.3 Å². The summed E-state index contributed by atoms with van der Waals surface area (Å²) in [6, 6.07) is 6.18. The average Bonchev–Trinajstić information content (AvgIpc) is 2.55. The summed E-state index contributed by atoms with van der Waals surface area (Å²) in [6.45, 7) is 5.89. The second kappa shape index (κ2) is 7.34. The van der Waals surface area contributed by atoms with Crippen molar-refractivity contribution in [2.24, 2.45) is 11.8 Å². The first-order valence-electron chi connectivity index (χ1n) is 8.13. The summed E-state index contributed by atoms with van der Waals surface area (Å²) >= 11 is 0. The number of Topliss-reactive ketones (excluding diaryl/α,β-unsaturated/α-hetero) is 1. The quantitative estimate of drug-likeness (QED) is 0.705. The predicted molar refractivity (Wildman–Crippen MR) is 93.4 cm³/mol. The van der Waals surface area contributed by atoms with Crippen molar-refractivity contribution in [3.8, 4) is 22.6 Å². The molecule has 1 aromatic heterocycles. The van der Waals surface area contributed by atoms with Crippen LogP contribution < -0.4 is 5.56 Å². The third kappa shape index (κ3) is 3.67. The van der Waals surface area contributed by atoms with Gasteiger partial charge in [0.25, 0.3) is 5.56 Å². The van der Waals surface area contributed by atoms with Crippen molar-refractivity contribution >= 4 is 5.78 Å². The maximum atomic E-state index is 12.7. The minimum atomic E-state index is -0.587. The molecule has 0 unspecified atom stereocenters. The highest BCUT2D eigenvalue weighted by Gasteiger charge is 2.25. The Balaban J connectivity index is 2.44. The number of benzene rings is 1. The number of phenols is 1. The summed E-state index contributed by atoms with van der Waals surface area (Å²) in [5.41, 5.74) is 0.172. The van der Waals surface area contributed by atoms with Gasteiger partial charge in [-0.25, -0.2) is 0 Å². The van der Waals surface area contributed by atoms with E-state index in [1.54, 1.807) is 19.1 Å². The summed E-state index contributed by atoms with van der Waals surface area (Å²) in [4.78, 5) is 27.3. The van der Waals surface area contributed by atoms with Gasteiger partial charge in [0.1, 0.15) is 17.1 Å². The standard InChI is InChI=1S/C19H23NO4/c1-4-11(2)9-12(3)17(22)16-18(23)15(10-20-19(16)24)13-5-7-14(21)8-6-13/h5-8,10-12,21H,4,9H2,1-3H3,(H2,20,23,24)/t11-,12+/m1/s1. The first-order chi connectivity index (χ1) is 11.3. The Morgan fingerprint density at radius 1 is 1.17 bits per heavy atom. The molecule has 24 heavy (non-hydrogen) atoms. The molecule has 0 bridgehead atoms. The number of ketones is 1. The Bertz CT molecular complexity index is 777. The topological polar surface area (TPSA) is 90.4 Å². The molecule has 0 saturated carbocycles. The summed E-state index contributed by atoms with van der Waals surface area (Å²) in [6.07, 6.45) is 2.99. The number of carbonyl (C=O) groups excluding carboxylic acids is 1. The molecule has 1 aromatic carbocycles. The molecule has 0 saturated heterocycles. The van der Waals surface area contributed by atoms with Gasteiger partial charge < -0.3 is 15.2 Å². The van der Waals surface area contributed by atoms with Gasteiger partial charge in [0.2, 0.25) is 0 Å². The lowest BCUT2D eigenvalue weighted by atomic mass is 9.88. The van der Waals surface area contributed by atoms with Gasteiger partial charge in [-0.3, -0.25) is 9.59 Å². The largest absolute Gasteiger partial charge is 0.508 e. The van der Waals surface area contributed by atoms with Crippen molar-refractivity contribution in [3.63, 3.8) is 0 Å². The molecule has 0 radical (unpaired) electrons. The number of nitrogens with one attached hydrogen (secondary N) is 1. The third-order valence-electron chi connectivity index (χ3n) is 4.39. The molecule has 0 aliphatic carbocycles. The Labute approximate surface area is 141 Å². The van der Waals surface area contributed by atoms with Gasteiger partial charge in [0, 0.05) is 17.7 Å². The zero-order chi connectivity index (χ0) is 17.9. The van der Waals surface area contributed by atoms with Gasteiger partial charge in [0.05, 0.1) is 0 Å². The molecule has 5 nitrogen and oxygen atoms in total. The minimum absolute atomic E-state index is 0.0983. The number of rotatable bonds is 6. The Morgan fingerprint density at radius 3 is 2.38 bits per heavy atom. The number of H-pyrrole nitrogens is 1. The van der Waals surface area contributed by atoms with Gasteiger partial charge in [0.15, 0.2) is 5.78 Å². The van der Waals surface area contributed by atoms with Crippen LogP contribution >= 0.6 is 0 Å². The van der Waals surface area contributed by atoms with Crippen molar-refractivity contribution in [3.05, 3.63) is 46.4 Å². The zero-order valence-corrected chi connectivity index (χ0v) is 14.2. The highest BCUT2D eigenvalue weighted by molar-refractivity contribution is 6.01. The van der Waals surface area contributed by atoms with Crippen LogP contribution in [-0.4, -0.2) is 21.0 Å². The van der Waals surface area contributed by atoms with E-state index in [2.05, 4.69) is 18.8 Å². The molecule has 1 heterocycles. The van der Waals surface area contributed by atoms with Gasteiger partial charge in [-0.2, -0.15) is 0 Å². The monoisotopic (exact) mass is 329 g/mol. The van der Waals surface area contributed by atoms with Crippen molar-refractivity contribution in [2.75, 3.05) is 0 Å². The zero-order valence-electron chi connectivity index (χ0n) is 14.2. The van der Waals surface area contributed by atoms with E-state index in [0.717, 1.165) is 6.42 Å². The number of carbonyl (C=O) groups is 1. The second-order valence-electron chi connectivity index (χ2n) is 6.32. The number of aromatic hydroxyl groups is 2. The molecule has 2 atom stereocenters. The fraction of sp³-hybridized carbons (Fsp3) is 0.368. The lowest BCUT2D eigenvalue weighted by Gasteiger charge is -2.16. The van der Waals surface area contributed by atoms with E-state index in [9.17, 15) is 19.8 Å². The lowest BCUT2D eigenvalue weighted by molar-refractivity contribution is 0.0909. The van der Waals surface area contributed by atoms with E-state index in [4.69, 9.17) is 0 Å². The SMILES string of the molecule is CC[C@@H](C)C[C@H](C)C(=O)c1c(O)c(-c2ccc(O)cc2)c[nH]c1=O. The van der Waals surface area contributed by atoms with E-state index < -0.39 is 5.56 Å². The van der Waals surface area contributed by atoms with Gasteiger partial charge in [-0.05, 0) is 30.0 Å². The van der Waals surface area contributed by atoms with Crippen LogP contribution in [-0.2, 0) is 0 Å². The highest BCUT2D eigenvalue weighted by atomic mass is 16.3. The Kier molecular flexibility index (Phi) is 5.44. The number of aromatic amines is 1. The van der Waals surface area contributed by atoms with Crippen LogP contribution in [0.4, 0.5) is 0 Å². The highest BCUT2D eigenvalue weighted by Crippen LogP contribution is 2.32. The lowest BCUT2D eigenvalue weighted by Crippen LogP contribution is -2.23. The molecule has 0 spiro atoms. The summed E-state index contributed by atoms with van der Waals surface area (Å²) in [7, 11) is 0. The predicted octanol–water partition coefficient (Wildman–Crippen LogP) is 3.71. The summed E-state index contributed by atoms with van der Waals surface area (Å²) < 4.78 is 0. The van der Waals surface area contributed by atoms with Crippen molar-refractivity contribution in [1.82, 2.24) is 4.98 Å². The molecule has 5 heteroatoms. The molecule has 3 N–H and O–H groups in total. The van der Waals surface area contributed by atoms with Crippen molar-refractivity contribution in [1.29, 1.82) is 0 Å². The van der Waals surface area contributed by atoms with Crippen LogP contribution in [0, 0.1) is 11.8 Å². The first-order valence-corrected chi connectivity index (χ1v) is 8.13. The fourth-order valence-electron chi connectivity index (χ4n) is 2.73. The van der Waals surface area contributed by atoms with Gasteiger partial charge >= 0.3 is 0 Å². The van der Waals surface area contributed by atoms with E-state index in [-0.39, 0.29) is 28.8 Å². The molecular formula is C19H23NO4. The van der Waals surface area contributed by atoms with Crippen LogP contribution in [0.1, 0.15) is 44.0 Å². The summed E-state index contributed by atoms with van der Waals surface area (Å²) in [5.74, 6) is -0.547. The molecular weight excluding hydrogens is 306 g/mol. The smallest absolute Gasteiger partial charge is 0.262 e. The van der Waals surface area contributed by atoms with Crippen molar-refractivity contribution < 1.29 is 15.0 Å².